The van der Waals surface area contributed by atoms with Gasteiger partial charge in [0.05, 0.1) is 34.0 Å². The summed E-state index contributed by atoms with van der Waals surface area (Å²) in [5.74, 6) is 0.529. The molecule has 2 aromatic heterocycles. The van der Waals surface area contributed by atoms with Gasteiger partial charge in [0, 0.05) is 18.7 Å². The summed E-state index contributed by atoms with van der Waals surface area (Å²) < 4.78 is 19.8. The van der Waals surface area contributed by atoms with E-state index in [1.807, 2.05) is 41.0 Å². The van der Waals surface area contributed by atoms with Crippen molar-refractivity contribution in [2.24, 2.45) is 4.99 Å². The number of aromatic nitrogens is 2. The van der Waals surface area contributed by atoms with Crippen molar-refractivity contribution in [2.75, 3.05) is 20.3 Å². The van der Waals surface area contributed by atoms with Crippen molar-refractivity contribution in [3.05, 3.63) is 46.2 Å². The number of rotatable bonds is 4. The molecule has 158 valence electrons. The Kier molecular flexibility index (Phi) is 5.16. The zero-order valence-corrected chi connectivity index (χ0v) is 18.1. The van der Waals surface area contributed by atoms with Gasteiger partial charge >= 0.3 is 11.9 Å². The van der Waals surface area contributed by atoms with Gasteiger partial charge in [0.2, 0.25) is 0 Å². The minimum Gasteiger partial charge on any atom is -0.486 e. The van der Waals surface area contributed by atoms with E-state index in [2.05, 4.69) is 9.98 Å². The van der Waals surface area contributed by atoms with E-state index in [0.29, 0.717) is 41.1 Å². The van der Waals surface area contributed by atoms with E-state index >= 15 is 0 Å². The standard InChI is InChI=1S/C21H17N3O5S2/c1-27-18(25)6-7-24-13-10-14-15(29-9-8-28-14)11-17(13)31-21(24)23-19(26)20-22-12-4-2-3-5-16(12)30-20/h2-5,10-11H,6-9H2,1H3. The van der Waals surface area contributed by atoms with Gasteiger partial charge in [0.25, 0.3) is 0 Å². The van der Waals surface area contributed by atoms with Crippen LogP contribution in [0.25, 0.3) is 20.4 Å². The Labute approximate surface area is 184 Å². The van der Waals surface area contributed by atoms with Crippen LogP contribution in [0.1, 0.15) is 16.2 Å². The van der Waals surface area contributed by atoms with Crippen molar-refractivity contribution in [2.45, 2.75) is 13.0 Å². The summed E-state index contributed by atoms with van der Waals surface area (Å²) in [5.41, 5.74) is 1.58. The molecule has 0 aliphatic carbocycles. The van der Waals surface area contributed by atoms with Crippen LogP contribution >= 0.6 is 22.7 Å². The molecule has 0 saturated heterocycles. The lowest BCUT2D eigenvalue weighted by Gasteiger charge is -2.18. The highest BCUT2D eigenvalue weighted by Crippen LogP contribution is 2.35. The Bertz CT molecular complexity index is 1350. The summed E-state index contributed by atoms with van der Waals surface area (Å²) in [4.78, 5) is 33.9. The highest BCUT2D eigenvalue weighted by molar-refractivity contribution is 7.20. The molecule has 1 aliphatic heterocycles. The Balaban J connectivity index is 1.61. The molecule has 0 radical (unpaired) electrons. The molecule has 31 heavy (non-hydrogen) atoms. The van der Waals surface area contributed by atoms with E-state index in [1.165, 1.54) is 29.8 Å². The monoisotopic (exact) mass is 455 g/mol. The van der Waals surface area contributed by atoms with Gasteiger partial charge in [0.1, 0.15) is 13.2 Å². The van der Waals surface area contributed by atoms with Crippen molar-refractivity contribution in [1.29, 1.82) is 0 Å². The highest BCUT2D eigenvalue weighted by atomic mass is 32.1. The number of methoxy groups -OCH3 is 1. The van der Waals surface area contributed by atoms with Crippen LogP contribution in [-0.2, 0) is 16.1 Å². The fourth-order valence-corrected chi connectivity index (χ4v) is 5.23. The number of benzene rings is 2. The minimum atomic E-state index is -0.420. The van der Waals surface area contributed by atoms with Crippen molar-refractivity contribution in [1.82, 2.24) is 9.55 Å². The van der Waals surface area contributed by atoms with Crippen LogP contribution < -0.4 is 14.3 Å². The van der Waals surface area contributed by atoms with Gasteiger partial charge in [-0.25, -0.2) is 4.98 Å². The van der Waals surface area contributed by atoms with E-state index in [-0.39, 0.29) is 12.4 Å². The van der Waals surface area contributed by atoms with E-state index < -0.39 is 5.91 Å². The molecule has 8 nitrogen and oxygen atoms in total. The topological polar surface area (TPSA) is 92.0 Å². The third-order valence-corrected chi connectivity index (χ3v) is 6.85. The molecule has 5 rings (SSSR count). The number of fused-ring (bicyclic) bond motifs is 3. The van der Waals surface area contributed by atoms with E-state index in [1.54, 1.807) is 0 Å². The quantitative estimate of drug-likeness (QED) is 0.438. The fraction of sp³-hybridized carbons (Fsp3) is 0.238. The van der Waals surface area contributed by atoms with Crippen LogP contribution in [0.5, 0.6) is 11.5 Å². The van der Waals surface area contributed by atoms with E-state index in [9.17, 15) is 9.59 Å². The maximum Gasteiger partial charge on any atom is 0.308 e. The summed E-state index contributed by atoms with van der Waals surface area (Å²) in [7, 11) is 1.35. The maximum absolute atomic E-state index is 12.9. The largest absolute Gasteiger partial charge is 0.486 e. The first kappa shape index (κ1) is 19.7. The average Bonchev–Trinajstić information content (AvgIpc) is 3.36. The molecular weight excluding hydrogens is 438 g/mol. The number of hydrogen-bond acceptors (Lipinski definition) is 8. The lowest BCUT2D eigenvalue weighted by Crippen LogP contribution is -2.19. The molecular formula is C21H17N3O5S2. The van der Waals surface area contributed by atoms with Gasteiger partial charge in [-0.05, 0) is 12.1 Å². The molecule has 0 fully saturated rings. The molecule has 3 heterocycles. The van der Waals surface area contributed by atoms with E-state index in [4.69, 9.17) is 14.2 Å². The Morgan fingerprint density at radius 1 is 1.13 bits per heavy atom. The summed E-state index contributed by atoms with van der Waals surface area (Å²) in [6.45, 7) is 1.27. The van der Waals surface area contributed by atoms with Crippen molar-refractivity contribution < 1.29 is 23.8 Å². The normalized spacial score (nSPS) is 13.6. The van der Waals surface area contributed by atoms with Gasteiger partial charge in [-0.1, -0.05) is 23.5 Å². The Morgan fingerprint density at radius 3 is 2.68 bits per heavy atom. The number of ether oxygens (including phenoxy) is 3. The average molecular weight is 456 g/mol. The SMILES string of the molecule is COC(=O)CCn1c(=NC(=O)c2nc3ccccc3s2)sc2cc3c(cc21)OCCO3. The van der Waals surface area contributed by atoms with Gasteiger partial charge in [-0.2, -0.15) is 4.99 Å². The van der Waals surface area contributed by atoms with Gasteiger partial charge in [0.15, 0.2) is 21.3 Å². The number of carbonyl (C=O) groups is 2. The first-order chi connectivity index (χ1) is 15.1. The predicted molar refractivity (Wildman–Crippen MR) is 117 cm³/mol. The summed E-state index contributed by atoms with van der Waals surface area (Å²) in [5, 5.41) is 0.323. The lowest BCUT2D eigenvalue weighted by molar-refractivity contribution is -0.140. The van der Waals surface area contributed by atoms with Crippen LogP contribution in [0.2, 0.25) is 0 Å². The lowest BCUT2D eigenvalue weighted by atomic mass is 10.2. The first-order valence-electron chi connectivity index (χ1n) is 9.57. The molecule has 0 atom stereocenters. The number of thiazole rings is 2. The summed E-state index contributed by atoms with van der Waals surface area (Å²) in [6, 6.07) is 11.3. The van der Waals surface area contributed by atoms with Gasteiger partial charge in [-0.15, -0.1) is 11.3 Å². The molecule has 10 heteroatoms. The minimum absolute atomic E-state index is 0.152. The molecule has 0 bridgehead atoms. The van der Waals surface area contributed by atoms with Crippen LogP contribution in [0, 0.1) is 0 Å². The number of carbonyl (C=O) groups excluding carboxylic acids is 2. The molecule has 2 aromatic carbocycles. The molecule has 0 spiro atoms. The molecule has 0 N–H and O–H groups in total. The number of hydrogen-bond donors (Lipinski definition) is 0. The van der Waals surface area contributed by atoms with Crippen molar-refractivity contribution >= 4 is 55.0 Å². The maximum atomic E-state index is 12.9. The van der Waals surface area contributed by atoms with Crippen LogP contribution in [0.15, 0.2) is 41.4 Å². The Morgan fingerprint density at radius 2 is 1.90 bits per heavy atom. The van der Waals surface area contributed by atoms with Crippen LogP contribution in [-0.4, -0.2) is 41.8 Å². The zero-order valence-electron chi connectivity index (χ0n) is 16.5. The fourth-order valence-electron chi connectivity index (χ4n) is 3.31. The van der Waals surface area contributed by atoms with Crippen molar-refractivity contribution in [3.63, 3.8) is 0 Å². The number of amides is 1. The number of nitrogens with zero attached hydrogens (tertiary/aromatic N) is 3. The summed E-state index contributed by atoms with van der Waals surface area (Å²) in [6.07, 6.45) is 0.152. The molecule has 1 amide bonds. The second kappa shape index (κ2) is 8.12. The molecule has 0 unspecified atom stereocenters. The smallest absolute Gasteiger partial charge is 0.308 e. The van der Waals surface area contributed by atoms with Crippen molar-refractivity contribution in [3.8, 4) is 11.5 Å². The second-order valence-electron chi connectivity index (χ2n) is 6.73. The molecule has 1 aliphatic rings. The molecule has 0 saturated carbocycles. The Hall–Kier alpha value is -3.24. The molecule has 4 aromatic rings. The third-order valence-electron chi connectivity index (χ3n) is 4.79. The van der Waals surface area contributed by atoms with Gasteiger partial charge in [-0.3, -0.25) is 9.59 Å². The van der Waals surface area contributed by atoms with Crippen LogP contribution in [0.3, 0.4) is 0 Å². The third kappa shape index (κ3) is 3.79. The summed E-state index contributed by atoms with van der Waals surface area (Å²) >= 11 is 2.66. The van der Waals surface area contributed by atoms with Gasteiger partial charge < -0.3 is 18.8 Å². The highest BCUT2D eigenvalue weighted by Gasteiger charge is 2.18. The number of para-hydroxylation sites is 1. The number of esters is 1. The zero-order chi connectivity index (χ0) is 21.4. The first-order valence-corrected chi connectivity index (χ1v) is 11.2. The second-order valence-corrected chi connectivity index (χ2v) is 8.77. The van der Waals surface area contributed by atoms with E-state index in [0.717, 1.165) is 20.4 Å². The number of aryl methyl sites for hydroxylation is 1. The predicted octanol–water partition coefficient (Wildman–Crippen LogP) is 3.39. The van der Waals surface area contributed by atoms with Crippen LogP contribution in [0.4, 0.5) is 0 Å².